The van der Waals surface area contributed by atoms with Gasteiger partial charge in [-0.25, -0.2) is 4.79 Å². The molecule has 0 radical (unpaired) electrons. The third-order valence-corrected chi connectivity index (χ3v) is 2.62. The lowest BCUT2D eigenvalue weighted by atomic mass is 9.81. The van der Waals surface area contributed by atoms with Crippen LogP contribution in [-0.4, -0.2) is 34.9 Å². The van der Waals surface area contributed by atoms with E-state index in [1.807, 2.05) is 0 Å². The Morgan fingerprint density at radius 1 is 1.39 bits per heavy atom. The number of hydrogen-bond acceptors (Lipinski definition) is 4. The Hall–Kier alpha value is -0.870. The van der Waals surface area contributed by atoms with Crippen LogP contribution in [-0.2, 0) is 9.53 Å². The minimum Gasteiger partial charge on any atom is -0.463 e. The van der Waals surface area contributed by atoms with Gasteiger partial charge in [0.2, 0.25) is 0 Å². The van der Waals surface area contributed by atoms with Crippen LogP contribution in [0, 0.1) is 0 Å². The molecule has 0 bridgehead atoms. The number of piperidine rings is 1. The molecule has 2 N–H and O–H groups in total. The summed E-state index contributed by atoms with van der Waals surface area (Å²) >= 11 is 0. The molecule has 18 heavy (non-hydrogen) atoms. The second-order valence-electron chi connectivity index (χ2n) is 5.91. The lowest BCUT2D eigenvalue weighted by Gasteiger charge is -2.44. The first-order chi connectivity index (χ1) is 8.12. The molecule has 1 fully saturated rings. The summed E-state index contributed by atoms with van der Waals surface area (Å²) in [5.74, 6) is -0.359. The van der Waals surface area contributed by atoms with Crippen molar-refractivity contribution in [3.8, 4) is 0 Å². The summed E-state index contributed by atoms with van der Waals surface area (Å²) in [5, 5.41) is 13.0. The number of rotatable bonds is 2. The van der Waals surface area contributed by atoms with Gasteiger partial charge in [-0.2, -0.15) is 0 Å². The second kappa shape index (κ2) is 6.90. The summed E-state index contributed by atoms with van der Waals surface area (Å²) in [6.07, 6.45) is 2.72. The molecular formula is C14H27NO3. The lowest BCUT2D eigenvalue weighted by molar-refractivity contribution is -0.137. The average molecular weight is 257 g/mol. The van der Waals surface area contributed by atoms with E-state index < -0.39 is 0 Å². The lowest BCUT2D eigenvalue weighted by Crippen LogP contribution is -2.59. The van der Waals surface area contributed by atoms with E-state index in [9.17, 15) is 9.90 Å². The Bertz CT molecular complexity index is 269. The Morgan fingerprint density at radius 2 is 1.83 bits per heavy atom. The Balaban J connectivity index is 0.000000360. The summed E-state index contributed by atoms with van der Waals surface area (Å²) in [6, 6.07) is 0. The average Bonchev–Trinajstić information content (AvgIpc) is 2.13. The fourth-order valence-corrected chi connectivity index (χ4v) is 2.47. The van der Waals surface area contributed by atoms with E-state index in [1.54, 1.807) is 6.92 Å². The highest BCUT2D eigenvalue weighted by Gasteiger charge is 2.36. The van der Waals surface area contributed by atoms with Crippen molar-refractivity contribution in [2.24, 2.45) is 0 Å². The van der Waals surface area contributed by atoms with Gasteiger partial charge in [0.25, 0.3) is 0 Å². The van der Waals surface area contributed by atoms with Crippen LogP contribution in [0.3, 0.4) is 0 Å². The molecule has 0 saturated carbocycles. The van der Waals surface area contributed by atoms with Gasteiger partial charge in [0.15, 0.2) is 0 Å². The Kier molecular flexibility index (Phi) is 6.57. The first-order valence-electron chi connectivity index (χ1n) is 6.38. The van der Waals surface area contributed by atoms with Crippen LogP contribution in [0.4, 0.5) is 0 Å². The molecular weight excluding hydrogens is 230 g/mol. The third kappa shape index (κ3) is 7.45. The van der Waals surface area contributed by atoms with Gasteiger partial charge >= 0.3 is 5.97 Å². The first-order valence-corrected chi connectivity index (χ1v) is 6.38. The monoisotopic (exact) mass is 257 g/mol. The zero-order valence-electron chi connectivity index (χ0n) is 12.2. The highest BCUT2D eigenvalue weighted by Crippen LogP contribution is 2.27. The summed E-state index contributed by atoms with van der Waals surface area (Å²) < 4.78 is 4.43. The van der Waals surface area contributed by atoms with Gasteiger partial charge in [-0.15, -0.1) is 0 Å². The van der Waals surface area contributed by atoms with Gasteiger partial charge in [-0.1, -0.05) is 6.58 Å². The molecule has 0 spiro atoms. The van der Waals surface area contributed by atoms with Crippen LogP contribution in [0.5, 0.6) is 0 Å². The number of nitrogens with one attached hydrogen (secondary N) is 1. The van der Waals surface area contributed by atoms with Crippen LogP contribution in [0.25, 0.3) is 0 Å². The molecule has 4 nitrogen and oxygen atoms in total. The SMILES string of the molecule is C=CC(=O)OCC.CC1(C)CC(O)CC(C)(C)N1. The van der Waals surface area contributed by atoms with E-state index in [4.69, 9.17) is 0 Å². The molecule has 0 aliphatic carbocycles. The quantitative estimate of drug-likeness (QED) is 0.587. The molecule has 0 atom stereocenters. The van der Waals surface area contributed by atoms with Crippen molar-refractivity contribution in [2.75, 3.05) is 6.61 Å². The van der Waals surface area contributed by atoms with Crippen LogP contribution in [0.1, 0.15) is 47.5 Å². The van der Waals surface area contributed by atoms with Gasteiger partial charge in [0.05, 0.1) is 12.7 Å². The summed E-state index contributed by atoms with van der Waals surface area (Å²) in [6.45, 7) is 13.9. The largest absolute Gasteiger partial charge is 0.463 e. The minimum absolute atomic E-state index is 0.0845. The normalized spacial score (nSPS) is 21.4. The molecule has 1 heterocycles. The highest BCUT2D eigenvalue weighted by molar-refractivity contribution is 5.81. The van der Waals surface area contributed by atoms with Crippen molar-refractivity contribution in [3.63, 3.8) is 0 Å². The van der Waals surface area contributed by atoms with E-state index in [1.165, 1.54) is 0 Å². The predicted octanol–water partition coefficient (Wildman–Crippen LogP) is 2.02. The molecule has 0 amide bonds. The molecule has 1 saturated heterocycles. The molecule has 0 unspecified atom stereocenters. The second-order valence-corrected chi connectivity index (χ2v) is 5.91. The number of carbonyl (C=O) groups excluding carboxylic acids is 1. The highest BCUT2D eigenvalue weighted by atomic mass is 16.5. The minimum atomic E-state index is -0.359. The predicted molar refractivity (Wildman–Crippen MR) is 73.4 cm³/mol. The summed E-state index contributed by atoms with van der Waals surface area (Å²) in [4.78, 5) is 10.1. The molecule has 0 aromatic carbocycles. The smallest absolute Gasteiger partial charge is 0.330 e. The summed E-state index contributed by atoms with van der Waals surface area (Å²) in [5.41, 5.74) is 0.169. The van der Waals surface area contributed by atoms with Gasteiger partial charge < -0.3 is 15.2 Å². The van der Waals surface area contributed by atoms with E-state index >= 15 is 0 Å². The fraction of sp³-hybridized carbons (Fsp3) is 0.786. The maximum atomic E-state index is 10.1. The number of ether oxygens (including phenoxy) is 1. The van der Waals surface area contributed by atoms with Gasteiger partial charge in [-0.05, 0) is 47.5 Å². The standard InChI is InChI=1S/C9H19NO.C5H8O2/c1-8(2)5-7(11)6-9(3,4)10-8;1-3-5(6)7-4-2/h7,10-11H,5-6H2,1-4H3;3H,1,4H2,2H3. The van der Waals surface area contributed by atoms with E-state index in [2.05, 4.69) is 44.3 Å². The van der Waals surface area contributed by atoms with Crippen LogP contribution in [0.15, 0.2) is 12.7 Å². The zero-order chi connectivity index (χ0) is 14.4. The molecule has 4 heteroatoms. The molecule has 1 rings (SSSR count). The fourth-order valence-electron chi connectivity index (χ4n) is 2.47. The summed E-state index contributed by atoms with van der Waals surface area (Å²) in [7, 11) is 0. The number of aliphatic hydroxyl groups is 1. The Morgan fingerprint density at radius 3 is 2.06 bits per heavy atom. The maximum Gasteiger partial charge on any atom is 0.330 e. The van der Waals surface area contributed by atoms with E-state index in [-0.39, 0.29) is 23.2 Å². The molecule has 1 aliphatic heterocycles. The molecule has 1 aliphatic rings. The molecule has 0 aromatic rings. The molecule has 0 aromatic heterocycles. The van der Waals surface area contributed by atoms with Crippen molar-refractivity contribution in [2.45, 2.75) is 64.6 Å². The number of carbonyl (C=O) groups is 1. The van der Waals surface area contributed by atoms with Gasteiger partial charge in [-0.3, -0.25) is 0 Å². The zero-order valence-corrected chi connectivity index (χ0v) is 12.2. The van der Waals surface area contributed by atoms with Crippen LogP contribution in [0.2, 0.25) is 0 Å². The number of aliphatic hydroxyl groups excluding tert-OH is 1. The van der Waals surface area contributed by atoms with Gasteiger partial charge in [0, 0.05) is 17.2 Å². The third-order valence-electron chi connectivity index (χ3n) is 2.62. The topological polar surface area (TPSA) is 58.6 Å². The first kappa shape index (κ1) is 17.1. The van der Waals surface area contributed by atoms with Crippen LogP contribution < -0.4 is 5.32 Å². The van der Waals surface area contributed by atoms with E-state index in [0.29, 0.717) is 6.61 Å². The van der Waals surface area contributed by atoms with Crippen LogP contribution >= 0.6 is 0 Å². The molecule has 106 valence electrons. The van der Waals surface area contributed by atoms with E-state index in [0.717, 1.165) is 18.9 Å². The van der Waals surface area contributed by atoms with Crippen molar-refractivity contribution >= 4 is 5.97 Å². The van der Waals surface area contributed by atoms with Gasteiger partial charge in [0.1, 0.15) is 0 Å². The van der Waals surface area contributed by atoms with Crippen molar-refractivity contribution in [3.05, 3.63) is 12.7 Å². The van der Waals surface area contributed by atoms with Crippen molar-refractivity contribution in [1.29, 1.82) is 0 Å². The number of esters is 1. The Labute approximate surface area is 110 Å². The van der Waals surface area contributed by atoms with Crippen molar-refractivity contribution in [1.82, 2.24) is 5.32 Å². The van der Waals surface area contributed by atoms with Crippen molar-refractivity contribution < 1.29 is 14.6 Å². The number of hydrogen-bond donors (Lipinski definition) is 2. The maximum absolute atomic E-state index is 10.1.